The molecule has 6 nitrogen and oxygen atoms in total. The number of methoxy groups -OCH3 is 1. The molecular weight excluding hydrogens is 276 g/mol. The van der Waals surface area contributed by atoms with E-state index in [4.69, 9.17) is 18.9 Å². The minimum Gasteiger partial charge on any atom is -0.459 e. The topological polar surface area (TPSA) is 74.2 Å². The quantitative estimate of drug-likeness (QED) is 0.597. The second kappa shape index (κ2) is 8.09. The number of carbonyl (C=O) groups excluding carboxylic acids is 1. The average Bonchev–Trinajstić information content (AvgIpc) is 2.86. The van der Waals surface area contributed by atoms with Crippen molar-refractivity contribution < 1.29 is 28.8 Å². The van der Waals surface area contributed by atoms with Crippen LogP contribution in [0, 0.1) is 0 Å². The van der Waals surface area contributed by atoms with E-state index in [0.29, 0.717) is 25.2 Å². The molecule has 0 aliphatic carbocycles. The van der Waals surface area contributed by atoms with Crippen molar-refractivity contribution in [2.45, 2.75) is 24.9 Å². The van der Waals surface area contributed by atoms with Crippen LogP contribution in [-0.4, -0.2) is 56.5 Å². The maximum atomic E-state index is 11.8. The smallest absolute Gasteiger partial charge is 0.338 e. The van der Waals surface area contributed by atoms with E-state index in [-0.39, 0.29) is 12.7 Å². The average molecular weight is 296 g/mol. The fourth-order valence-electron chi connectivity index (χ4n) is 2.05. The molecule has 116 valence electrons. The van der Waals surface area contributed by atoms with Crippen molar-refractivity contribution in [3.63, 3.8) is 0 Å². The fraction of sp³-hybridized carbons (Fsp3) is 0.533. The van der Waals surface area contributed by atoms with Gasteiger partial charge in [0.25, 0.3) is 0 Å². The zero-order valence-corrected chi connectivity index (χ0v) is 11.9. The van der Waals surface area contributed by atoms with Crippen LogP contribution < -0.4 is 0 Å². The lowest BCUT2D eigenvalue weighted by Crippen LogP contribution is -2.26. The zero-order valence-electron chi connectivity index (χ0n) is 11.9. The molecule has 3 atom stereocenters. The first-order valence-corrected chi connectivity index (χ1v) is 6.87. The predicted molar refractivity (Wildman–Crippen MR) is 73.8 cm³/mol. The highest BCUT2D eigenvalue weighted by atomic mass is 16.7. The molecule has 0 amide bonds. The van der Waals surface area contributed by atoms with Gasteiger partial charge < -0.3 is 24.1 Å². The number of hydrogen-bond donors (Lipinski definition) is 1. The molecule has 1 aliphatic heterocycles. The van der Waals surface area contributed by atoms with E-state index in [1.165, 1.54) is 0 Å². The van der Waals surface area contributed by atoms with Crippen LogP contribution >= 0.6 is 0 Å². The summed E-state index contributed by atoms with van der Waals surface area (Å²) in [7, 11) is 1.57. The van der Waals surface area contributed by atoms with Gasteiger partial charge in [0.2, 0.25) is 0 Å². The molecule has 2 unspecified atom stereocenters. The van der Waals surface area contributed by atoms with Gasteiger partial charge in [0.1, 0.15) is 12.7 Å². The maximum Gasteiger partial charge on any atom is 0.338 e. The lowest BCUT2D eigenvalue weighted by atomic mass is 10.2. The summed E-state index contributed by atoms with van der Waals surface area (Å²) in [6, 6.07) is 8.74. The van der Waals surface area contributed by atoms with Gasteiger partial charge >= 0.3 is 5.97 Å². The van der Waals surface area contributed by atoms with E-state index in [1.807, 2.05) is 6.07 Å². The summed E-state index contributed by atoms with van der Waals surface area (Å²) in [6.45, 7) is 0.865. The molecule has 1 aliphatic rings. The summed E-state index contributed by atoms with van der Waals surface area (Å²) < 4.78 is 20.9. The third-order valence-electron chi connectivity index (χ3n) is 3.12. The molecule has 1 aromatic rings. The SMILES string of the molecule is COCCOC1O[C@H](COC(=O)c2ccccc2)CC1O. The van der Waals surface area contributed by atoms with E-state index in [0.717, 1.165) is 0 Å². The first kappa shape index (κ1) is 15.9. The summed E-state index contributed by atoms with van der Waals surface area (Å²) in [5, 5.41) is 9.81. The first-order valence-electron chi connectivity index (χ1n) is 6.87. The van der Waals surface area contributed by atoms with Crippen molar-refractivity contribution in [3.05, 3.63) is 35.9 Å². The van der Waals surface area contributed by atoms with Gasteiger partial charge in [-0.15, -0.1) is 0 Å². The number of esters is 1. The molecule has 0 spiro atoms. The van der Waals surface area contributed by atoms with Gasteiger partial charge in [-0.25, -0.2) is 4.79 Å². The summed E-state index contributed by atoms with van der Waals surface area (Å²) in [6.07, 6.45) is -1.40. The van der Waals surface area contributed by atoms with Crippen molar-refractivity contribution in [1.82, 2.24) is 0 Å². The highest BCUT2D eigenvalue weighted by molar-refractivity contribution is 5.89. The van der Waals surface area contributed by atoms with Crippen LogP contribution in [0.3, 0.4) is 0 Å². The van der Waals surface area contributed by atoms with Crippen molar-refractivity contribution in [2.24, 2.45) is 0 Å². The van der Waals surface area contributed by atoms with E-state index in [9.17, 15) is 9.90 Å². The zero-order chi connectivity index (χ0) is 15.1. The Hall–Kier alpha value is -1.47. The normalized spacial score (nSPS) is 25.0. The molecule has 21 heavy (non-hydrogen) atoms. The molecule has 0 radical (unpaired) electrons. The Morgan fingerprint density at radius 1 is 1.33 bits per heavy atom. The molecule has 0 aromatic heterocycles. The first-order chi connectivity index (χ1) is 10.2. The lowest BCUT2D eigenvalue weighted by molar-refractivity contribution is -0.174. The molecule has 6 heteroatoms. The van der Waals surface area contributed by atoms with Crippen LogP contribution in [0.1, 0.15) is 16.8 Å². The van der Waals surface area contributed by atoms with Crippen LogP contribution in [0.15, 0.2) is 30.3 Å². The fourth-order valence-corrected chi connectivity index (χ4v) is 2.05. The van der Waals surface area contributed by atoms with E-state index in [2.05, 4.69) is 0 Å². The van der Waals surface area contributed by atoms with Gasteiger partial charge in [-0.05, 0) is 12.1 Å². The summed E-state index contributed by atoms with van der Waals surface area (Å²) in [5.41, 5.74) is 0.490. The number of rotatable bonds is 7. The molecule has 0 saturated carbocycles. The highest BCUT2D eigenvalue weighted by Gasteiger charge is 2.35. The second-order valence-electron chi connectivity index (χ2n) is 4.76. The van der Waals surface area contributed by atoms with E-state index < -0.39 is 18.4 Å². The van der Waals surface area contributed by atoms with Gasteiger partial charge in [-0.3, -0.25) is 0 Å². The Bertz CT molecular complexity index is 435. The Morgan fingerprint density at radius 2 is 2.10 bits per heavy atom. The van der Waals surface area contributed by atoms with Crippen molar-refractivity contribution in [3.8, 4) is 0 Å². The van der Waals surface area contributed by atoms with Crippen LogP contribution in [-0.2, 0) is 18.9 Å². The van der Waals surface area contributed by atoms with Gasteiger partial charge in [0.15, 0.2) is 6.29 Å². The van der Waals surface area contributed by atoms with Crippen molar-refractivity contribution in [2.75, 3.05) is 26.9 Å². The Kier molecular flexibility index (Phi) is 6.13. The van der Waals surface area contributed by atoms with Gasteiger partial charge in [0, 0.05) is 13.5 Å². The third kappa shape index (κ3) is 4.78. The molecule has 1 saturated heterocycles. The third-order valence-corrected chi connectivity index (χ3v) is 3.12. The standard InChI is InChI=1S/C15H20O6/c1-18-7-8-19-15-13(16)9-12(21-15)10-20-14(17)11-5-3-2-4-6-11/h2-6,12-13,15-16H,7-10H2,1H3/t12-,13?,15?/m0/s1. The Labute approximate surface area is 123 Å². The molecular formula is C15H20O6. The number of aliphatic hydroxyl groups is 1. The lowest BCUT2D eigenvalue weighted by Gasteiger charge is -2.15. The molecule has 0 bridgehead atoms. The van der Waals surface area contributed by atoms with Gasteiger partial charge in [-0.1, -0.05) is 18.2 Å². The Morgan fingerprint density at radius 3 is 2.81 bits per heavy atom. The monoisotopic (exact) mass is 296 g/mol. The molecule has 1 N–H and O–H groups in total. The minimum absolute atomic E-state index is 0.0922. The highest BCUT2D eigenvalue weighted by Crippen LogP contribution is 2.22. The molecule has 2 rings (SSSR count). The number of benzene rings is 1. The van der Waals surface area contributed by atoms with E-state index >= 15 is 0 Å². The summed E-state index contributed by atoms with van der Waals surface area (Å²) in [4.78, 5) is 11.8. The van der Waals surface area contributed by atoms with Crippen LogP contribution in [0.4, 0.5) is 0 Å². The molecule has 1 heterocycles. The Balaban J connectivity index is 1.73. The number of ether oxygens (including phenoxy) is 4. The van der Waals surface area contributed by atoms with Crippen molar-refractivity contribution >= 4 is 5.97 Å². The van der Waals surface area contributed by atoms with Crippen molar-refractivity contribution in [1.29, 1.82) is 0 Å². The van der Waals surface area contributed by atoms with Crippen LogP contribution in [0.2, 0.25) is 0 Å². The van der Waals surface area contributed by atoms with Crippen LogP contribution in [0.5, 0.6) is 0 Å². The van der Waals surface area contributed by atoms with E-state index in [1.54, 1.807) is 31.4 Å². The minimum atomic E-state index is -0.720. The second-order valence-corrected chi connectivity index (χ2v) is 4.76. The maximum absolute atomic E-state index is 11.8. The summed E-state index contributed by atoms with van der Waals surface area (Å²) in [5.74, 6) is -0.405. The van der Waals surface area contributed by atoms with Gasteiger partial charge in [-0.2, -0.15) is 0 Å². The predicted octanol–water partition coefficient (Wildman–Crippen LogP) is 0.982. The largest absolute Gasteiger partial charge is 0.459 e. The summed E-state index contributed by atoms with van der Waals surface area (Å²) >= 11 is 0. The number of aliphatic hydroxyl groups excluding tert-OH is 1. The van der Waals surface area contributed by atoms with Gasteiger partial charge in [0.05, 0.1) is 24.9 Å². The van der Waals surface area contributed by atoms with Crippen LogP contribution in [0.25, 0.3) is 0 Å². The number of hydrogen-bond acceptors (Lipinski definition) is 6. The molecule has 1 fully saturated rings. The number of carbonyl (C=O) groups is 1. The molecule has 1 aromatic carbocycles.